The van der Waals surface area contributed by atoms with E-state index in [9.17, 15) is 24.4 Å². The summed E-state index contributed by atoms with van der Waals surface area (Å²) in [5.41, 5.74) is 2.78. The van der Waals surface area contributed by atoms with E-state index in [0.29, 0.717) is 0 Å². The summed E-state index contributed by atoms with van der Waals surface area (Å²) in [6.07, 6.45) is -3.28. The molecule has 1 fully saturated rings. The van der Waals surface area contributed by atoms with Crippen LogP contribution in [0.5, 0.6) is 5.75 Å². The van der Waals surface area contributed by atoms with Gasteiger partial charge in [0.25, 0.3) is 0 Å². The zero-order chi connectivity index (χ0) is 26.7. The van der Waals surface area contributed by atoms with Crippen LogP contribution in [-0.2, 0) is 23.4 Å². The minimum absolute atomic E-state index is 0.0226. The number of nitrogens with one attached hydrogen (secondary N) is 1. The molecular weight excluding hydrogens is 495 g/mol. The standard InChI is InChI=1S/C22H31N4O9P/c1-13(2)33-20(28)14(3)25-36(31,35-15-8-6-5-7-9-15)32-12-16-22(4,30)18(27)19(34-16)26-11-10-17(23)24-21(26)29/h5-11,13-14,16,18-19,27,30H,12H2,1-4H3,(H,25,31)(H2,23,24,29)/t14-,16-,18+,19-,22-,36?/m1/s1. The second-order valence-electron chi connectivity index (χ2n) is 8.76. The van der Waals surface area contributed by atoms with Gasteiger partial charge in [0.2, 0.25) is 0 Å². The number of aromatic nitrogens is 2. The maximum atomic E-state index is 13.6. The van der Waals surface area contributed by atoms with Gasteiger partial charge in [-0.25, -0.2) is 9.36 Å². The van der Waals surface area contributed by atoms with Crippen molar-refractivity contribution in [1.29, 1.82) is 0 Å². The van der Waals surface area contributed by atoms with Gasteiger partial charge in [0.15, 0.2) is 6.23 Å². The van der Waals surface area contributed by atoms with Gasteiger partial charge in [-0.05, 0) is 45.9 Å². The lowest BCUT2D eigenvalue weighted by Gasteiger charge is -2.28. The summed E-state index contributed by atoms with van der Waals surface area (Å²) in [6, 6.07) is 8.37. The highest BCUT2D eigenvalue weighted by atomic mass is 31.2. The summed E-state index contributed by atoms with van der Waals surface area (Å²) in [6.45, 7) is 5.51. The summed E-state index contributed by atoms with van der Waals surface area (Å²) >= 11 is 0. The second kappa shape index (κ2) is 11.1. The number of hydrogen-bond acceptors (Lipinski definition) is 11. The van der Waals surface area contributed by atoms with E-state index < -0.39 is 62.2 Å². The van der Waals surface area contributed by atoms with Crippen LogP contribution in [0.2, 0.25) is 0 Å². The minimum atomic E-state index is -4.25. The van der Waals surface area contributed by atoms with Crippen LogP contribution in [0.15, 0.2) is 47.4 Å². The van der Waals surface area contributed by atoms with E-state index in [1.807, 2.05) is 0 Å². The first-order valence-electron chi connectivity index (χ1n) is 11.2. The molecule has 1 aliphatic rings. The van der Waals surface area contributed by atoms with Crippen molar-refractivity contribution in [3.8, 4) is 5.75 Å². The number of nitrogens with two attached hydrogens (primary N) is 1. The number of nitrogens with zero attached hydrogens (tertiary/aromatic N) is 2. The van der Waals surface area contributed by atoms with Gasteiger partial charge in [0, 0.05) is 6.20 Å². The van der Waals surface area contributed by atoms with E-state index in [-0.39, 0.29) is 11.6 Å². The number of aliphatic hydroxyl groups excluding tert-OH is 1. The SMILES string of the molecule is CC(C)OC(=O)[C@@H](C)NP(=O)(OC[C@H]1O[C@@H](n2ccc(N)nc2=O)[C@H](O)[C@]1(C)O)Oc1ccccc1. The Morgan fingerprint density at radius 1 is 1.31 bits per heavy atom. The molecule has 14 heteroatoms. The summed E-state index contributed by atoms with van der Waals surface area (Å²) in [5.74, 6) is -0.514. The van der Waals surface area contributed by atoms with Gasteiger partial charge >= 0.3 is 19.4 Å². The van der Waals surface area contributed by atoms with Gasteiger partial charge in [-0.1, -0.05) is 18.2 Å². The fraction of sp³-hybridized carbons (Fsp3) is 0.500. The maximum absolute atomic E-state index is 13.6. The first-order chi connectivity index (χ1) is 16.8. The van der Waals surface area contributed by atoms with Crippen molar-refractivity contribution < 1.29 is 38.1 Å². The van der Waals surface area contributed by atoms with Gasteiger partial charge in [-0.3, -0.25) is 13.9 Å². The molecule has 0 bridgehead atoms. The van der Waals surface area contributed by atoms with Gasteiger partial charge in [-0.15, -0.1) is 0 Å². The summed E-state index contributed by atoms with van der Waals surface area (Å²) in [7, 11) is -4.25. The summed E-state index contributed by atoms with van der Waals surface area (Å²) < 4.78 is 36.6. The molecule has 1 aromatic heterocycles. The summed E-state index contributed by atoms with van der Waals surface area (Å²) in [4.78, 5) is 28.1. The normalized spacial score (nSPS) is 26.4. The van der Waals surface area contributed by atoms with Crippen LogP contribution in [0.25, 0.3) is 0 Å². The van der Waals surface area contributed by atoms with Gasteiger partial charge in [0.05, 0.1) is 12.7 Å². The van der Waals surface area contributed by atoms with Gasteiger partial charge in [-0.2, -0.15) is 10.1 Å². The molecule has 2 aromatic rings. The first-order valence-corrected chi connectivity index (χ1v) is 12.7. The van der Waals surface area contributed by atoms with E-state index in [1.165, 1.54) is 38.2 Å². The molecule has 0 aliphatic carbocycles. The smallest absolute Gasteiger partial charge is 0.459 e. The molecule has 36 heavy (non-hydrogen) atoms. The molecule has 1 aliphatic heterocycles. The van der Waals surface area contributed by atoms with Crippen molar-refractivity contribution in [2.45, 2.75) is 63.9 Å². The number of aliphatic hydroxyl groups is 2. The lowest BCUT2D eigenvalue weighted by atomic mass is 9.95. The molecule has 0 amide bonds. The van der Waals surface area contributed by atoms with Crippen LogP contribution in [0.4, 0.5) is 5.82 Å². The molecular formula is C22H31N4O9P. The third-order valence-corrected chi connectivity index (χ3v) is 7.02. The minimum Gasteiger partial charge on any atom is -0.462 e. The van der Waals surface area contributed by atoms with E-state index in [2.05, 4.69) is 10.1 Å². The Morgan fingerprint density at radius 3 is 2.58 bits per heavy atom. The molecule has 0 radical (unpaired) electrons. The number of nitrogen functional groups attached to an aromatic ring is 1. The molecule has 0 saturated carbocycles. The monoisotopic (exact) mass is 526 g/mol. The lowest BCUT2D eigenvalue weighted by Crippen LogP contribution is -2.47. The van der Waals surface area contributed by atoms with E-state index in [0.717, 1.165) is 4.57 Å². The van der Waals surface area contributed by atoms with Crippen LogP contribution in [0, 0.1) is 0 Å². The quantitative estimate of drug-likeness (QED) is 0.254. The van der Waals surface area contributed by atoms with Gasteiger partial charge in [0.1, 0.15) is 35.4 Å². The van der Waals surface area contributed by atoms with Crippen molar-refractivity contribution in [2.24, 2.45) is 0 Å². The fourth-order valence-electron chi connectivity index (χ4n) is 3.40. The van der Waals surface area contributed by atoms with Crippen molar-refractivity contribution >= 4 is 19.5 Å². The number of hydrogen-bond donors (Lipinski definition) is 4. The van der Waals surface area contributed by atoms with Crippen molar-refractivity contribution in [3.63, 3.8) is 0 Å². The third kappa shape index (κ3) is 6.49. The van der Waals surface area contributed by atoms with Crippen LogP contribution < -0.4 is 21.0 Å². The van der Waals surface area contributed by atoms with Crippen LogP contribution in [-0.4, -0.2) is 62.3 Å². The molecule has 1 saturated heterocycles. The number of benzene rings is 1. The number of ether oxygens (including phenoxy) is 2. The third-order valence-electron chi connectivity index (χ3n) is 5.37. The zero-order valence-corrected chi connectivity index (χ0v) is 21.2. The Bertz CT molecular complexity index is 1160. The average molecular weight is 526 g/mol. The number of para-hydroxylation sites is 1. The Labute approximate surface area is 207 Å². The highest BCUT2D eigenvalue weighted by molar-refractivity contribution is 7.52. The Balaban J connectivity index is 1.80. The first kappa shape index (κ1) is 27.8. The highest BCUT2D eigenvalue weighted by Crippen LogP contribution is 2.47. The topological polar surface area (TPSA) is 184 Å². The predicted molar refractivity (Wildman–Crippen MR) is 128 cm³/mol. The van der Waals surface area contributed by atoms with E-state index in [4.69, 9.17) is 24.3 Å². The molecule has 13 nitrogen and oxygen atoms in total. The predicted octanol–water partition coefficient (Wildman–Crippen LogP) is 0.968. The van der Waals surface area contributed by atoms with Crippen molar-refractivity contribution in [3.05, 3.63) is 53.1 Å². The molecule has 2 heterocycles. The fourth-order valence-corrected chi connectivity index (χ4v) is 4.90. The number of rotatable bonds is 10. The summed E-state index contributed by atoms with van der Waals surface area (Å²) in [5, 5.41) is 24.1. The Hall–Kier alpha value is -2.80. The lowest BCUT2D eigenvalue weighted by molar-refractivity contribution is -0.149. The second-order valence-corrected chi connectivity index (χ2v) is 10.5. The Kier molecular flexibility index (Phi) is 8.55. The molecule has 1 unspecified atom stereocenters. The number of anilines is 1. The van der Waals surface area contributed by atoms with E-state index in [1.54, 1.807) is 32.0 Å². The number of carbonyl (C=O) groups excluding carboxylic acids is 1. The number of carbonyl (C=O) groups is 1. The van der Waals surface area contributed by atoms with Crippen molar-refractivity contribution in [2.75, 3.05) is 12.3 Å². The molecule has 0 spiro atoms. The van der Waals surface area contributed by atoms with Crippen LogP contribution in [0.1, 0.15) is 33.9 Å². The van der Waals surface area contributed by atoms with Gasteiger partial charge < -0.3 is 29.9 Å². The molecule has 1 aromatic carbocycles. The molecule has 6 atom stereocenters. The van der Waals surface area contributed by atoms with E-state index >= 15 is 0 Å². The highest BCUT2D eigenvalue weighted by Gasteiger charge is 2.54. The zero-order valence-electron chi connectivity index (χ0n) is 20.3. The van der Waals surface area contributed by atoms with Crippen molar-refractivity contribution in [1.82, 2.24) is 14.6 Å². The van der Waals surface area contributed by atoms with Crippen LogP contribution >= 0.6 is 7.75 Å². The Morgan fingerprint density at radius 2 is 1.97 bits per heavy atom. The van der Waals surface area contributed by atoms with Crippen LogP contribution in [0.3, 0.4) is 0 Å². The molecule has 198 valence electrons. The molecule has 3 rings (SSSR count). The molecule has 5 N–H and O–H groups in total. The number of esters is 1. The average Bonchev–Trinajstić information content (AvgIpc) is 3.01. The maximum Gasteiger partial charge on any atom is 0.459 e. The largest absolute Gasteiger partial charge is 0.462 e.